The quantitative estimate of drug-likeness (QED) is 0.896. The first-order valence-electron chi connectivity index (χ1n) is 7.02. The minimum Gasteiger partial charge on any atom is -0.396 e. The topological polar surface area (TPSA) is 45.1 Å². The number of benzene rings is 1. The Kier molecular flexibility index (Phi) is 3.71. The Balaban J connectivity index is 1.74. The van der Waals surface area contributed by atoms with Crippen LogP contribution in [0.25, 0.3) is 10.9 Å². The number of aromatic nitrogens is 1. The molecule has 0 spiro atoms. The van der Waals surface area contributed by atoms with Gasteiger partial charge in [0.15, 0.2) is 0 Å². The molecule has 3 nitrogen and oxygen atoms in total. The predicted molar refractivity (Wildman–Crippen MR) is 80.7 cm³/mol. The average Bonchev–Trinajstić information content (AvgIpc) is 2.89. The molecule has 3 rings (SSSR count). The maximum Gasteiger partial charge on any atom is 0.117 e. The van der Waals surface area contributed by atoms with E-state index in [0.29, 0.717) is 0 Å². The Morgan fingerprint density at radius 3 is 2.79 bits per heavy atom. The largest absolute Gasteiger partial charge is 0.396 e. The zero-order valence-corrected chi connectivity index (χ0v) is 11.9. The normalized spacial score (nSPS) is 18.6. The second-order valence-corrected chi connectivity index (χ2v) is 6.37. The van der Waals surface area contributed by atoms with Gasteiger partial charge in [0.25, 0.3) is 0 Å². The number of hydrogen-bond donors (Lipinski definition) is 2. The van der Waals surface area contributed by atoms with E-state index in [2.05, 4.69) is 15.8 Å². The van der Waals surface area contributed by atoms with E-state index in [1.807, 2.05) is 18.2 Å². The Hall–Kier alpha value is -1.13. The number of fused-ring (bicyclic) bond motifs is 1. The van der Waals surface area contributed by atoms with Crippen molar-refractivity contribution >= 4 is 27.4 Å². The van der Waals surface area contributed by atoms with E-state index in [4.69, 9.17) is 0 Å². The molecule has 0 atom stereocenters. The molecule has 1 fully saturated rings. The van der Waals surface area contributed by atoms with Gasteiger partial charge in [-0.25, -0.2) is 0 Å². The van der Waals surface area contributed by atoms with Crippen molar-refractivity contribution in [2.24, 2.45) is 5.41 Å². The van der Waals surface area contributed by atoms with Crippen LogP contribution in [-0.4, -0.2) is 22.6 Å². The van der Waals surface area contributed by atoms with Crippen molar-refractivity contribution in [3.63, 3.8) is 0 Å². The van der Waals surface area contributed by atoms with E-state index in [1.165, 1.54) is 36.2 Å². The van der Waals surface area contributed by atoms with Gasteiger partial charge in [0.1, 0.15) is 5.00 Å². The maximum absolute atomic E-state index is 9.73. The number of anilines is 1. The van der Waals surface area contributed by atoms with Gasteiger partial charge in [-0.15, -0.1) is 0 Å². The average molecular weight is 276 g/mol. The predicted octanol–water partition coefficient (Wildman–Crippen LogP) is 3.65. The zero-order chi connectivity index (χ0) is 13.1. The van der Waals surface area contributed by atoms with Crippen molar-refractivity contribution in [3.8, 4) is 0 Å². The lowest BCUT2D eigenvalue weighted by atomic mass is 9.74. The highest BCUT2D eigenvalue weighted by Crippen LogP contribution is 2.37. The summed E-state index contributed by atoms with van der Waals surface area (Å²) in [6.07, 6.45) is 6.06. The standard InChI is InChI=1S/C15H20N2OS/c18-11-15(8-4-1-5-9-15)10-16-14-12-6-2-3-7-13(12)17-19-14/h2-3,6-7,16,18H,1,4-5,8-11H2. The highest BCUT2D eigenvalue weighted by molar-refractivity contribution is 7.11. The highest BCUT2D eigenvalue weighted by atomic mass is 32.1. The molecule has 0 saturated heterocycles. The van der Waals surface area contributed by atoms with Crippen LogP contribution in [0.2, 0.25) is 0 Å². The molecule has 1 saturated carbocycles. The summed E-state index contributed by atoms with van der Waals surface area (Å²) in [5.74, 6) is 0. The Bertz CT molecular complexity index is 546. The summed E-state index contributed by atoms with van der Waals surface area (Å²) >= 11 is 1.52. The first-order valence-corrected chi connectivity index (χ1v) is 7.80. The molecule has 0 unspecified atom stereocenters. The third-order valence-electron chi connectivity index (χ3n) is 4.26. The number of nitrogens with zero attached hydrogens (tertiary/aromatic N) is 1. The van der Waals surface area contributed by atoms with Crippen molar-refractivity contribution in [1.29, 1.82) is 0 Å². The Morgan fingerprint density at radius 2 is 2.00 bits per heavy atom. The minimum absolute atomic E-state index is 0.0728. The van der Waals surface area contributed by atoms with Gasteiger partial charge in [-0.1, -0.05) is 31.4 Å². The van der Waals surface area contributed by atoms with Gasteiger partial charge < -0.3 is 10.4 Å². The van der Waals surface area contributed by atoms with E-state index in [0.717, 1.165) is 29.9 Å². The van der Waals surface area contributed by atoms with E-state index in [-0.39, 0.29) is 12.0 Å². The molecule has 1 heterocycles. The van der Waals surface area contributed by atoms with Crippen LogP contribution in [0, 0.1) is 5.41 Å². The van der Waals surface area contributed by atoms with E-state index < -0.39 is 0 Å². The molecule has 0 bridgehead atoms. The summed E-state index contributed by atoms with van der Waals surface area (Å²) in [5.41, 5.74) is 1.13. The summed E-state index contributed by atoms with van der Waals surface area (Å²) in [7, 11) is 0. The van der Waals surface area contributed by atoms with Crippen LogP contribution in [0.15, 0.2) is 24.3 Å². The first-order chi connectivity index (χ1) is 9.33. The van der Waals surface area contributed by atoms with Crippen molar-refractivity contribution in [3.05, 3.63) is 24.3 Å². The molecule has 0 amide bonds. The molecule has 1 aromatic carbocycles. The van der Waals surface area contributed by atoms with Crippen molar-refractivity contribution in [2.45, 2.75) is 32.1 Å². The Labute approximate surface area is 117 Å². The number of hydrogen-bond acceptors (Lipinski definition) is 4. The van der Waals surface area contributed by atoms with Crippen molar-refractivity contribution < 1.29 is 5.11 Å². The molecule has 4 heteroatoms. The summed E-state index contributed by atoms with van der Waals surface area (Å²) in [4.78, 5) is 0. The molecule has 19 heavy (non-hydrogen) atoms. The highest BCUT2D eigenvalue weighted by Gasteiger charge is 2.31. The van der Waals surface area contributed by atoms with Crippen LogP contribution in [0.5, 0.6) is 0 Å². The monoisotopic (exact) mass is 276 g/mol. The number of aliphatic hydroxyl groups is 1. The van der Waals surface area contributed by atoms with Crippen LogP contribution < -0.4 is 5.32 Å². The number of nitrogens with one attached hydrogen (secondary N) is 1. The fraction of sp³-hybridized carbons (Fsp3) is 0.533. The summed E-state index contributed by atoms with van der Waals surface area (Å²) in [5, 5.41) is 15.6. The maximum atomic E-state index is 9.73. The summed E-state index contributed by atoms with van der Waals surface area (Å²) in [6.45, 7) is 1.15. The smallest absolute Gasteiger partial charge is 0.117 e. The second-order valence-electron chi connectivity index (χ2n) is 5.60. The molecule has 2 aromatic rings. The van der Waals surface area contributed by atoms with Crippen LogP contribution >= 0.6 is 11.5 Å². The van der Waals surface area contributed by atoms with Gasteiger partial charge in [0.05, 0.1) is 12.1 Å². The number of aliphatic hydroxyl groups excluding tert-OH is 1. The van der Waals surface area contributed by atoms with Gasteiger partial charge in [-0.3, -0.25) is 0 Å². The van der Waals surface area contributed by atoms with Crippen LogP contribution in [0.3, 0.4) is 0 Å². The van der Waals surface area contributed by atoms with Crippen molar-refractivity contribution in [1.82, 2.24) is 4.37 Å². The second kappa shape index (κ2) is 5.47. The zero-order valence-electron chi connectivity index (χ0n) is 11.1. The summed E-state index contributed by atoms with van der Waals surface area (Å²) in [6, 6.07) is 8.21. The van der Waals surface area contributed by atoms with Gasteiger partial charge in [-0.05, 0) is 36.5 Å². The molecular weight excluding hydrogens is 256 g/mol. The van der Waals surface area contributed by atoms with Crippen LogP contribution in [0.4, 0.5) is 5.00 Å². The molecule has 0 radical (unpaired) electrons. The third kappa shape index (κ3) is 2.60. The van der Waals surface area contributed by atoms with Crippen molar-refractivity contribution in [2.75, 3.05) is 18.5 Å². The number of rotatable bonds is 4. The summed E-state index contributed by atoms with van der Waals surface area (Å²) < 4.78 is 4.45. The van der Waals surface area contributed by atoms with E-state index in [9.17, 15) is 5.11 Å². The first kappa shape index (κ1) is 12.9. The molecule has 1 aliphatic carbocycles. The third-order valence-corrected chi connectivity index (χ3v) is 5.09. The van der Waals surface area contributed by atoms with Gasteiger partial charge in [0, 0.05) is 17.3 Å². The van der Waals surface area contributed by atoms with Crippen LogP contribution in [0.1, 0.15) is 32.1 Å². The van der Waals surface area contributed by atoms with Gasteiger partial charge >= 0.3 is 0 Å². The molecule has 102 valence electrons. The van der Waals surface area contributed by atoms with E-state index >= 15 is 0 Å². The SMILES string of the molecule is OCC1(CNc2snc3ccccc23)CCCCC1. The van der Waals surface area contributed by atoms with Gasteiger partial charge in [0.2, 0.25) is 0 Å². The fourth-order valence-corrected chi connectivity index (χ4v) is 3.73. The lowest BCUT2D eigenvalue weighted by Gasteiger charge is -2.35. The fourth-order valence-electron chi connectivity index (χ4n) is 2.98. The molecule has 2 N–H and O–H groups in total. The lowest BCUT2D eigenvalue weighted by Crippen LogP contribution is -2.35. The van der Waals surface area contributed by atoms with Gasteiger partial charge in [-0.2, -0.15) is 4.37 Å². The lowest BCUT2D eigenvalue weighted by molar-refractivity contribution is 0.0945. The minimum atomic E-state index is 0.0728. The van der Waals surface area contributed by atoms with Crippen LogP contribution in [-0.2, 0) is 0 Å². The molecule has 0 aliphatic heterocycles. The Morgan fingerprint density at radius 1 is 1.21 bits per heavy atom. The molecular formula is C15H20N2OS. The molecule has 1 aromatic heterocycles. The van der Waals surface area contributed by atoms with E-state index in [1.54, 1.807) is 0 Å². The molecule has 1 aliphatic rings.